The minimum Gasteiger partial charge on any atom is -0.381 e. The zero-order valence-corrected chi connectivity index (χ0v) is 20.0. The first-order chi connectivity index (χ1) is 13.7. The fourth-order valence-corrected chi connectivity index (χ4v) is 4.20. The van der Waals surface area contributed by atoms with Gasteiger partial charge >= 0.3 is 15.6 Å². The average molecular weight is 461 g/mol. The highest BCUT2D eigenvalue weighted by Gasteiger charge is 2.31. The van der Waals surface area contributed by atoms with Crippen LogP contribution in [0.3, 0.4) is 0 Å². The second-order valence-electron chi connectivity index (χ2n) is 8.13. The zero-order valence-electron chi connectivity index (χ0n) is 18.2. The molecule has 0 saturated heterocycles. The summed E-state index contributed by atoms with van der Waals surface area (Å²) in [5.41, 5.74) is 4.55. The van der Waals surface area contributed by atoms with Crippen molar-refractivity contribution in [2.75, 3.05) is 18.5 Å². The minimum absolute atomic E-state index is 0.0556. The molecule has 30 heavy (non-hydrogen) atoms. The van der Waals surface area contributed by atoms with Gasteiger partial charge in [0.15, 0.2) is 0 Å². The molecule has 1 aromatic carbocycles. The number of benzene rings is 1. The van der Waals surface area contributed by atoms with Crippen LogP contribution >= 0.6 is 15.6 Å². The van der Waals surface area contributed by atoms with Crippen LogP contribution in [-0.4, -0.2) is 27.8 Å². The highest BCUT2D eigenvalue weighted by Crippen LogP contribution is 2.57. The molecule has 10 heteroatoms. The third-order valence-corrected chi connectivity index (χ3v) is 6.35. The molecule has 0 aliphatic carbocycles. The number of para-hydroxylation sites is 1. The number of rotatable bonds is 11. The molecule has 1 atom stereocenters. The van der Waals surface area contributed by atoms with Gasteiger partial charge in [0, 0.05) is 12.2 Å². The maximum atomic E-state index is 11.4. The molecule has 0 bridgehead atoms. The average Bonchev–Trinajstić information content (AvgIpc) is 2.57. The van der Waals surface area contributed by atoms with Crippen molar-refractivity contribution in [3.8, 4) is 0 Å². The molecule has 0 spiro atoms. The van der Waals surface area contributed by atoms with E-state index in [1.165, 1.54) is 11.1 Å². The van der Waals surface area contributed by atoms with E-state index in [0.717, 1.165) is 24.2 Å². The first-order valence-corrected chi connectivity index (χ1v) is 12.6. The minimum atomic E-state index is -5.09. The van der Waals surface area contributed by atoms with Gasteiger partial charge in [0.1, 0.15) is 0 Å². The molecule has 0 aromatic heterocycles. The van der Waals surface area contributed by atoms with Crippen LogP contribution in [0.15, 0.2) is 47.6 Å². The van der Waals surface area contributed by atoms with E-state index in [4.69, 9.17) is 9.79 Å². The fourth-order valence-electron chi connectivity index (χ4n) is 2.68. The number of hydrogen-bond donors (Lipinski definition) is 4. The molecule has 8 nitrogen and oxygen atoms in total. The summed E-state index contributed by atoms with van der Waals surface area (Å²) in [7, 11) is -9.89. The van der Waals surface area contributed by atoms with Crippen molar-refractivity contribution in [3.63, 3.8) is 0 Å². The lowest BCUT2D eigenvalue weighted by atomic mass is 9.86. The van der Waals surface area contributed by atoms with Gasteiger partial charge in [-0.1, -0.05) is 62.3 Å². The van der Waals surface area contributed by atoms with Gasteiger partial charge in [0.05, 0.1) is 6.61 Å². The van der Waals surface area contributed by atoms with Crippen LogP contribution in [0.1, 0.15) is 53.0 Å². The Morgan fingerprint density at radius 3 is 2.30 bits per heavy atom. The van der Waals surface area contributed by atoms with E-state index in [1.54, 1.807) is 6.08 Å². The van der Waals surface area contributed by atoms with Crippen molar-refractivity contribution in [2.45, 2.75) is 52.9 Å². The van der Waals surface area contributed by atoms with Crippen LogP contribution in [0, 0.1) is 0 Å². The maximum Gasteiger partial charge on any atom is 0.481 e. The van der Waals surface area contributed by atoms with Crippen molar-refractivity contribution >= 4 is 21.3 Å². The van der Waals surface area contributed by atoms with Gasteiger partial charge in [-0.2, -0.15) is 4.31 Å². The Kier molecular flexibility index (Phi) is 10.2. The molecule has 1 unspecified atom stereocenters. The van der Waals surface area contributed by atoms with Crippen molar-refractivity contribution in [1.82, 2.24) is 0 Å². The fraction of sp³-hybridized carbons (Fsp3) is 0.500. The lowest BCUT2D eigenvalue weighted by molar-refractivity contribution is 0.191. The van der Waals surface area contributed by atoms with E-state index in [0.29, 0.717) is 6.42 Å². The number of phosphoric acid groups is 2. The van der Waals surface area contributed by atoms with E-state index < -0.39 is 15.6 Å². The molecule has 1 rings (SSSR count). The first-order valence-electron chi connectivity index (χ1n) is 9.58. The summed E-state index contributed by atoms with van der Waals surface area (Å²) in [6, 6.07) is 8.27. The lowest BCUT2D eigenvalue weighted by Crippen LogP contribution is -2.15. The second-order valence-corrected chi connectivity index (χ2v) is 11.0. The highest BCUT2D eigenvalue weighted by molar-refractivity contribution is 7.60. The predicted octanol–water partition coefficient (Wildman–Crippen LogP) is 5.30. The molecule has 0 amide bonds. The van der Waals surface area contributed by atoms with Crippen molar-refractivity contribution in [1.29, 1.82) is 0 Å². The zero-order chi connectivity index (χ0) is 23.0. The Labute approximate surface area is 178 Å². The van der Waals surface area contributed by atoms with Crippen LogP contribution in [0.2, 0.25) is 0 Å². The first kappa shape index (κ1) is 26.8. The van der Waals surface area contributed by atoms with Crippen LogP contribution in [0.4, 0.5) is 5.69 Å². The standard InChI is InChI=1S/C20H33NO7P2/c1-16(13-14-27-30(25,26)28-29(22,23)24)9-8-10-17(2)15-21-19-12-7-6-11-18(19)20(3,4)5/h6-7,10-13,21H,8-9,14-15H2,1-5H3,(H,25,26)(H2,22,23,24)/b16-13+,17-10+. The van der Waals surface area contributed by atoms with Crippen LogP contribution in [0.5, 0.6) is 0 Å². The Hall–Kier alpha value is -1.24. The molecular weight excluding hydrogens is 428 g/mol. The maximum absolute atomic E-state index is 11.4. The third kappa shape index (κ3) is 11.2. The molecule has 1 aromatic rings. The summed E-state index contributed by atoms with van der Waals surface area (Å²) in [6.07, 6.45) is 5.20. The molecule has 4 N–H and O–H groups in total. The molecular formula is C20H33NO7P2. The van der Waals surface area contributed by atoms with Gasteiger partial charge in [-0.05, 0) is 43.7 Å². The molecule has 170 valence electrons. The van der Waals surface area contributed by atoms with Crippen molar-refractivity contribution < 1.29 is 32.6 Å². The van der Waals surface area contributed by atoms with Crippen LogP contribution in [-0.2, 0) is 23.4 Å². The summed E-state index contributed by atoms with van der Waals surface area (Å²) < 4.78 is 30.2. The SMILES string of the molecule is C/C(=C\COP(=O)(O)OP(=O)(O)O)CC/C=C(\C)CNc1ccccc1C(C)(C)C. The monoisotopic (exact) mass is 461 g/mol. The van der Waals surface area contributed by atoms with E-state index in [1.807, 2.05) is 19.1 Å². The third-order valence-electron chi connectivity index (χ3n) is 4.20. The van der Waals surface area contributed by atoms with Gasteiger partial charge in [0.25, 0.3) is 0 Å². The normalized spacial score (nSPS) is 15.7. The summed E-state index contributed by atoms with van der Waals surface area (Å²) in [4.78, 5) is 26.3. The van der Waals surface area contributed by atoms with Crippen LogP contribution in [0.25, 0.3) is 0 Å². The van der Waals surface area contributed by atoms with Crippen molar-refractivity contribution in [3.05, 3.63) is 53.1 Å². The Morgan fingerprint density at radius 2 is 1.70 bits per heavy atom. The highest BCUT2D eigenvalue weighted by atomic mass is 31.3. The Balaban J connectivity index is 2.48. The van der Waals surface area contributed by atoms with Crippen LogP contribution < -0.4 is 5.32 Å². The van der Waals surface area contributed by atoms with E-state index in [-0.39, 0.29) is 12.0 Å². The number of allylic oxidation sites excluding steroid dienone is 2. The number of anilines is 1. The summed E-state index contributed by atoms with van der Waals surface area (Å²) >= 11 is 0. The van der Waals surface area contributed by atoms with Crippen molar-refractivity contribution in [2.24, 2.45) is 0 Å². The quantitative estimate of drug-likeness (QED) is 0.259. The van der Waals surface area contributed by atoms with E-state index in [9.17, 15) is 14.0 Å². The van der Waals surface area contributed by atoms with E-state index in [2.05, 4.69) is 60.1 Å². The number of hydrogen-bond acceptors (Lipinski definition) is 5. The molecule has 0 saturated carbocycles. The molecule has 0 aliphatic heterocycles. The number of phosphoric ester groups is 1. The number of nitrogens with one attached hydrogen (secondary N) is 1. The summed E-state index contributed by atoms with van der Waals surface area (Å²) in [5.74, 6) is 0. The van der Waals surface area contributed by atoms with Gasteiger partial charge in [0.2, 0.25) is 0 Å². The Morgan fingerprint density at radius 1 is 1.07 bits per heavy atom. The molecule has 0 fully saturated rings. The molecule has 0 aliphatic rings. The van der Waals surface area contributed by atoms with E-state index >= 15 is 0 Å². The summed E-state index contributed by atoms with van der Waals surface area (Å²) in [5, 5.41) is 3.49. The summed E-state index contributed by atoms with van der Waals surface area (Å²) in [6.45, 7) is 10.9. The predicted molar refractivity (Wildman–Crippen MR) is 119 cm³/mol. The van der Waals surface area contributed by atoms with Gasteiger partial charge in [-0.3, -0.25) is 4.52 Å². The molecule has 0 heterocycles. The second kappa shape index (κ2) is 11.4. The lowest BCUT2D eigenvalue weighted by Gasteiger charge is -2.23. The topological polar surface area (TPSA) is 125 Å². The Bertz CT molecular complexity index is 853. The van der Waals surface area contributed by atoms with Gasteiger partial charge in [-0.25, -0.2) is 9.13 Å². The van der Waals surface area contributed by atoms with Gasteiger partial charge in [-0.15, -0.1) is 0 Å². The van der Waals surface area contributed by atoms with Gasteiger partial charge < -0.3 is 20.0 Å². The molecule has 0 radical (unpaired) electrons. The largest absolute Gasteiger partial charge is 0.481 e. The smallest absolute Gasteiger partial charge is 0.381 e.